The van der Waals surface area contributed by atoms with Gasteiger partial charge in [0.05, 0.1) is 6.10 Å². The molecule has 0 spiro atoms. The van der Waals surface area contributed by atoms with Crippen molar-refractivity contribution in [3.63, 3.8) is 0 Å². The van der Waals surface area contributed by atoms with Crippen molar-refractivity contribution in [3.8, 4) is 5.75 Å². The van der Waals surface area contributed by atoms with Gasteiger partial charge in [0, 0.05) is 16.9 Å². The number of ether oxygens (including phenoxy) is 1. The van der Waals surface area contributed by atoms with Crippen LogP contribution >= 0.6 is 0 Å². The molecule has 2 rings (SSSR count). The highest BCUT2D eigenvalue weighted by Gasteiger charge is 2.47. The molecule has 22 heavy (non-hydrogen) atoms. The van der Waals surface area contributed by atoms with Gasteiger partial charge in [0.1, 0.15) is 10.5 Å². The predicted octanol–water partition coefficient (Wildman–Crippen LogP) is 3.88. The van der Waals surface area contributed by atoms with Gasteiger partial charge in [0.25, 0.3) is 0 Å². The van der Waals surface area contributed by atoms with Crippen molar-refractivity contribution >= 4 is 11.4 Å². The fourth-order valence-corrected chi connectivity index (χ4v) is 2.61. The van der Waals surface area contributed by atoms with Crippen LogP contribution in [0.15, 0.2) is 24.3 Å². The molecule has 1 saturated carbocycles. The second-order valence-electron chi connectivity index (χ2n) is 6.33. The molecule has 0 amide bonds. The highest BCUT2D eigenvalue weighted by atomic mass is 32.2. The molecule has 3 nitrogen and oxygen atoms in total. The van der Waals surface area contributed by atoms with Crippen LogP contribution in [0, 0.1) is 0 Å². The zero-order valence-corrected chi connectivity index (χ0v) is 13.6. The summed E-state index contributed by atoms with van der Waals surface area (Å²) >= 11 is -1.85. The van der Waals surface area contributed by atoms with Gasteiger partial charge in [-0.1, -0.05) is 18.2 Å². The molecule has 1 fully saturated rings. The van der Waals surface area contributed by atoms with E-state index in [9.17, 15) is 17.7 Å². The van der Waals surface area contributed by atoms with Crippen LogP contribution in [0.5, 0.6) is 5.75 Å². The molecule has 124 valence electrons. The molecular formula is C15H20F3NO2S. The van der Waals surface area contributed by atoms with Crippen molar-refractivity contribution in [1.29, 1.82) is 0 Å². The van der Waals surface area contributed by atoms with Crippen LogP contribution in [0.4, 0.5) is 13.2 Å². The van der Waals surface area contributed by atoms with Crippen molar-refractivity contribution in [3.05, 3.63) is 29.8 Å². The predicted molar refractivity (Wildman–Crippen MR) is 79.9 cm³/mol. The van der Waals surface area contributed by atoms with E-state index < -0.39 is 28.3 Å². The summed E-state index contributed by atoms with van der Waals surface area (Å²) in [6, 6.07) is 4.02. The zero-order chi connectivity index (χ0) is 16.5. The Hall–Kier alpha value is -0.920. The maximum Gasteiger partial charge on any atom is 0.412 e. The van der Waals surface area contributed by atoms with E-state index in [1.54, 1.807) is 26.8 Å². The van der Waals surface area contributed by atoms with Crippen molar-refractivity contribution in [2.45, 2.75) is 56.7 Å². The number of alkyl halides is 3. The zero-order valence-electron chi connectivity index (χ0n) is 12.7. The molecule has 2 atom stereocenters. The van der Waals surface area contributed by atoms with Gasteiger partial charge in [-0.3, -0.25) is 0 Å². The lowest BCUT2D eigenvalue weighted by molar-refractivity contribution is -0.153. The lowest BCUT2D eigenvalue weighted by Crippen LogP contribution is -2.45. The van der Waals surface area contributed by atoms with Crippen molar-refractivity contribution < 1.29 is 22.5 Å². The number of rotatable bonds is 5. The van der Waals surface area contributed by atoms with Crippen LogP contribution in [0.3, 0.4) is 0 Å². The average molecular weight is 335 g/mol. The first-order valence-electron chi connectivity index (χ1n) is 7.09. The average Bonchev–Trinajstić information content (AvgIpc) is 3.18. The van der Waals surface area contributed by atoms with Crippen LogP contribution in [0.2, 0.25) is 0 Å². The monoisotopic (exact) mass is 335 g/mol. The van der Waals surface area contributed by atoms with Gasteiger partial charge in [0.15, 0.2) is 6.04 Å². The summed E-state index contributed by atoms with van der Waals surface area (Å²) in [6.07, 6.45) is -2.87. The molecule has 1 aliphatic rings. The SMILES string of the molecule is CC(C)(C)[S@+]([O-])N[C@H](c1ccccc1OC1CC1)C(F)(F)F. The fraction of sp³-hybridized carbons (Fsp3) is 0.600. The number of hydrogen-bond donors (Lipinski definition) is 1. The molecule has 7 heteroatoms. The maximum absolute atomic E-state index is 13.4. The molecule has 0 aliphatic heterocycles. The Bertz CT molecular complexity index is 512. The van der Waals surface area contributed by atoms with Gasteiger partial charge in [0.2, 0.25) is 0 Å². The van der Waals surface area contributed by atoms with Gasteiger partial charge in [-0.15, -0.1) is 4.72 Å². The molecule has 0 bridgehead atoms. The summed E-state index contributed by atoms with van der Waals surface area (Å²) in [5.74, 6) is 0.200. The van der Waals surface area contributed by atoms with Gasteiger partial charge < -0.3 is 9.29 Å². The Morgan fingerprint density at radius 1 is 1.23 bits per heavy atom. The Balaban J connectivity index is 2.29. The van der Waals surface area contributed by atoms with E-state index in [1.807, 2.05) is 0 Å². The lowest BCUT2D eigenvalue weighted by atomic mass is 10.1. The topological polar surface area (TPSA) is 44.3 Å². The van der Waals surface area contributed by atoms with E-state index in [1.165, 1.54) is 18.2 Å². The Kier molecular flexibility index (Phi) is 4.99. The van der Waals surface area contributed by atoms with Crippen LogP contribution < -0.4 is 9.46 Å². The minimum absolute atomic E-state index is 0.0110. The van der Waals surface area contributed by atoms with Crippen LogP contribution in [0.1, 0.15) is 45.2 Å². The van der Waals surface area contributed by atoms with E-state index in [4.69, 9.17) is 4.74 Å². The second-order valence-corrected chi connectivity index (χ2v) is 8.33. The Morgan fingerprint density at radius 2 is 1.82 bits per heavy atom. The molecule has 1 aromatic rings. The fourth-order valence-electron chi connectivity index (χ4n) is 1.78. The lowest BCUT2D eigenvalue weighted by Gasteiger charge is -2.29. The summed E-state index contributed by atoms with van der Waals surface area (Å²) in [5.41, 5.74) is -0.0282. The van der Waals surface area contributed by atoms with Gasteiger partial charge >= 0.3 is 6.18 Å². The first-order valence-corrected chi connectivity index (χ1v) is 8.24. The van der Waals surface area contributed by atoms with Crippen LogP contribution in [-0.2, 0) is 11.4 Å². The van der Waals surface area contributed by atoms with E-state index in [0.717, 1.165) is 12.8 Å². The minimum Gasteiger partial charge on any atom is -0.598 e. The smallest absolute Gasteiger partial charge is 0.412 e. The number of hydrogen-bond acceptors (Lipinski definition) is 3. The highest BCUT2D eigenvalue weighted by molar-refractivity contribution is 7.90. The van der Waals surface area contributed by atoms with Gasteiger partial charge in [-0.05, 0) is 39.7 Å². The van der Waals surface area contributed by atoms with Crippen molar-refractivity contribution in [1.82, 2.24) is 4.72 Å². The minimum atomic E-state index is -4.57. The number of para-hydroxylation sites is 1. The summed E-state index contributed by atoms with van der Waals surface area (Å²) in [6.45, 7) is 4.86. The Labute approximate surface area is 131 Å². The van der Waals surface area contributed by atoms with E-state index in [2.05, 4.69) is 4.72 Å². The van der Waals surface area contributed by atoms with Gasteiger partial charge in [-0.25, -0.2) is 0 Å². The molecule has 1 aliphatic carbocycles. The molecule has 0 unspecified atom stereocenters. The van der Waals surface area contributed by atoms with Crippen LogP contribution in [0.25, 0.3) is 0 Å². The molecule has 0 radical (unpaired) electrons. The quantitative estimate of drug-likeness (QED) is 0.831. The third-order valence-electron chi connectivity index (χ3n) is 3.16. The second kappa shape index (κ2) is 6.29. The third kappa shape index (κ3) is 4.54. The largest absolute Gasteiger partial charge is 0.598 e. The summed E-state index contributed by atoms with van der Waals surface area (Å²) in [4.78, 5) is 0. The van der Waals surface area contributed by atoms with Gasteiger partial charge in [-0.2, -0.15) is 13.2 Å². The standard InChI is InChI=1S/C15H20F3NO2S/c1-14(2,3)22(20)19-13(15(16,17)18)11-6-4-5-7-12(11)21-10-8-9-10/h4-7,10,13,19H,8-9H2,1-3H3/t13-,22+/m1/s1. The van der Waals surface area contributed by atoms with E-state index in [0.29, 0.717) is 0 Å². The summed E-state index contributed by atoms with van der Waals surface area (Å²) in [7, 11) is 0. The Morgan fingerprint density at radius 3 is 2.32 bits per heavy atom. The van der Waals surface area contributed by atoms with Crippen molar-refractivity contribution in [2.24, 2.45) is 0 Å². The molecular weight excluding hydrogens is 315 g/mol. The number of halogens is 3. The van der Waals surface area contributed by atoms with Crippen LogP contribution in [-0.4, -0.2) is 21.6 Å². The molecule has 0 heterocycles. The van der Waals surface area contributed by atoms with E-state index >= 15 is 0 Å². The first kappa shape index (κ1) is 17.4. The molecule has 0 aromatic heterocycles. The summed E-state index contributed by atoms with van der Waals surface area (Å²) < 4.78 is 59.4. The number of benzene rings is 1. The molecule has 0 saturated heterocycles. The van der Waals surface area contributed by atoms with E-state index in [-0.39, 0.29) is 17.4 Å². The first-order chi connectivity index (χ1) is 10.1. The molecule has 1 aromatic carbocycles. The van der Waals surface area contributed by atoms with Crippen molar-refractivity contribution in [2.75, 3.05) is 0 Å². The maximum atomic E-state index is 13.4. The summed E-state index contributed by atoms with van der Waals surface area (Å²) in [5, 5.41) is 0. The normalized spacial score (nSPS) is 18.9. The third-order valence-corrected chi connectivity index (χ3v) is 4.72. The highest BCUT2D eigenvalue weighted by Crippen LogP contribution is 2.40. The molecule has 1 N–H and O–H groups in total. The number of nitrogens with one attached hydrogen (secondary N) is 1.